The van der Waals surface area contributed by atoms with Crippen LogP contribution in [0.15, 0.2) is 24.4 Å². The summed E-state index contributed by atoms with van der Waals surface area (Å²) in [6.45, 7) is 5.97. The van der Waals surface area contributed by atoms with Crippen molar-refractivity contribution < 1.29 is 4.79 Å². The zero-order valence-electron chi connectivity index (χ0n) is 12.1. The molecule has 0 spiro atoms. The topological polar surface area (TPSA) is 50.2 Å². The van der Waals surface area contributed by atoms with Crippen LogP contribution in [0.2, 0.25) is 0 Å². The minimum Gasteiger partial charge on any atom is -0.329 e. The molecule has 1 N–H and O–H groups in total. The molecular weight excluding hydrogens is 264 g/mol. The van der Waals surface area contributed by atoms with Crippen LogP contribution in [0, 0.1) is 6.92 Å². The summed E-state index contributed by atoms with van der Waals surface area (Å²) in [4.78, 5) is 19.1. The first-order chi connectivity index (χ1) is 10.2. The van der Waals surface area contributed by atoms with Crippen LogP contribution in [-0.4, -0.2) is 26.9 Å². The minimum absolute atomic E-state index is 0.0891. The van der Waals surface area contributed by atoms with Gasteiger partial charge in [-0.15, -0.1) is 0 Å². The van der Waals surface area contributed by atoms with Crippen LogP contribution in [0.25, 0.3) is 0 Å². The van der Waals surface area contributed by atoms with Crippen molar-refractivity contribution in [2.75, 3.05) is 6.54 Å². The zero-order chi connectivity index (χ0) is 14.4. The fourth-order valence-corrected chi connectivity index (χ4v) is 3.26. The Hall–Kier alpha value is -2.14. The number of hydrogen-bond acceptors (Lipinski definition) is 3. The molecule has 2 aliphatic heterocycles. The Labute approximate surface area is 123 Å². The summed E-state index contributed by atoms with van der Waals surface area (Å²) in [6, 6.07) is 6.29. The number of aromatic nitrogens is 2. The highest BCUT2D eigenvalue weighted by atomic mass is 16.2. The van der Waals surface area contributed by atoms with Gasteiger partial charge in [0, 0.05) is 26.2 Å². The van der Waals surface area contributed by atoms with Gasteiger partial charge in [0.15, 0.2) is 0 Å². The van der Waals surface area contributed by atoms with E-state index in [-0.39, 0.29) is 5.91 Å². The molecule has 4 rings (SSSR count). The Balaban J connectivity index is 1.63. The lowest BCUT2D eigenvalue weighted by atomic mass is 10.1. The molecule has 1 aromatic carbocycles. The van der Waals surface area contributed by atoms with Crippen LogP contribution >= 0.6 is 0 Å². The number of carbonyl (C=O) groups excluding carboxylic acids is 1. The monoisotopic (exact) mass is 282 g/mol. The van der Waals surface area contributed by atoms with Crippen LogP contribution in [0.4, 0.5) is 0 Å². The van der Waals surface area contributed by atoms with Crippen LogP contribution in [-0.2, 0) is 26.2 Å². The first-order valence-electron chi connectivity index (χ1n) is 7.36. The molecule has 3 heterocycles. The van der Waals surface area contributed by atoms with Gasteiger partial charge in [-0.3, -0.25) is 4.79 Å². The van der Waals surface area contributed by atoms with E-state index in [2.05, 4.69) is 40.0 Å². The molecule has 0 saturated heterocycles. The molecule has 0 aliphatic carbocycles. The molecule has 21 heavy (non-hydrogen) atoms. The average Bonchev–Trinajstić information content (AvgIpc) is 3.11. The number of hydrogen-bond donors (Lipinski definition) is 1. The summed E-state index contributed by atoms with van der Waals surface area (Å²) in [6.07, 6.45) is 1.72. The number of amides is 1. The molecule has 0 fully saturated rings. The molecule has 0 atom stereocenters. The van der Waals surface area contributed by atoms with Gasteiger partial charge in [-0.1, -0.05) is 18.2 Å². The summed E-state index contributed by atoms with van der Waals surface area (Å²) in [5.74, 6) is 1.05. The lowest BCUT2D eigenvalue weighted by molar-refractivity contribution is 0.0739. The maximum Gasteiger partial charge on any atom is 0.272 e. The van der Waals surface area contributed by atoms with E-state index in [0.29, 0.717) is 13.1 Å². The lowest BCUT2D eigenvalue weighted by Crippen LogP contribution is -2.33. The Bertz CT molecular complexity index is 719. The molecule has 108 valence electrons. The molecule has 1 aromatic heterocycles. The molecule has 2 aromatic rings. The molecular formula is C16H18N4O. The third kappa shape index (κ3) is 1.96. The Morgan fingerprint density at radius 3 is 3.10 bits per heavy atom. The summed E-state index contributed by atoms with van der Waals surface area (Å²) in [5, 5.41) is 3.28. The molecule has 0 bridgehead atoms. The van der Waals surface area contributed by atoms with E-state index >= 15 is 0 Å². The van der Waals surface area contributed by atoms with Gasteiger partial charge in [0.1, 0.15) is 11.5 Å². The van der Waals surface area contributed by atoms with Gasteiger partial charge in [-0.2, -0.15) is 0 Å². The van der Waals surface area contributed by atoms with Crippen LogP contribution < -0.4 is 5.32 Å². The first kappa shape index (κ1) is 12.6. The fraction of sp³-hybridized carbons (Fsp3) is 0.375. The highest BCUT2D eigenvalue weighted by Gasteiger charge is 2.28. The van der Waals surface area contributed by atoms with Crippen LogP contribution in [0.5, 0.6) is 0 Å². The Morgan fingerprint density at radius 2 is 2.24 bits per heavy atom. The van der Waals surface area contributed by atoms with E-state index in [1.54, 1.807) is 6.20 Å². The lowest BCUT2D eigenvalue weighted by Gasteiger charge is -2.20. The van der Waals surface area contributed by atoms with Crippen molar-refractivity contribution in [2.24, 2.45) is 0 Å². The van der Waals surface area contributed by atoms with E-state index in [4.69, 9.17) is 0 Å². The predicted molar refractivity (Wildman–Crippen MR) is 78.7 cm³/mol. The largest absolute Gasteiger partial charge is 0.329 e. The summed E-state index contributed by atoms with van der Waals surface area (Å²) >= 11 is 0. The number of rotatable bonds is 1. The molecule has 1 amide bonds. The zero-order valence-corrected chi connectivity index (χ0v) is 12.1. The number of benzene rings is 1. The molecule has 5 nitrogen and oxygen atoms in total. The Kier molecular flexibility index (Phi) is 2.82. The smallest absolute Gasteiger partial charge is 0.272 e. The number of imidazole rings is 1. The normalized spacial score (nSPS) is 16.7. The number of nitrogens with one attached hydrogen (secondary N) is 1. The summed E-state index contributed by atoms with van der Waals surface area (Å²) in [7, 11) is 0. The van der Waals surface area contributed by atoms with E-state index in [1.165, 1.54) is 16.7 Å². The van der Waals surface area contributed by atoms with Gasteiger partial charge in [0.05, 0.1) is 12.7 Å². The first-order valence-corrected chi connectivity index (χ1v) is 7.36. The molecule has 2 aliphatic rings. The Morgan fingerprint density at radius 1 is 1.33 bits per heavy atom. The number of carbonyl (C=O) groups is 1. The second-order valence-electron chi connectivity index (χ2n) is 5.76. The second-order valence-corrected chi connectivity index (χ2v) is 5.76. The van der Waals surface area contributed by atoms with Crippen molar-refractivity contribution in [3.05, 3.63) is 52.6 Å². The van der Waals surface area contributed by atoms with E-state index in [0.717, 1.165) is 31.2 Å². The van der Waals surface area contributed by atoms with E-state index in [1.807, 2.05) is 4.90 Å². The minimum atomic E-state index is 0.0891. The average molecular weight is 282 g/mol. The van der Waals surface area contributed by atoms with Crippen molar-refractivity contribution >= 4 is 5.91 Å². The molecule has 0 saturated carbocycles. The molecule has 0 radical (unpaired) electrons. The van der Waals surface area contributed by atoms with Crippen LogP contribution in [0.3, 0.4) is 0 Å². The maximum absolute atomic E-state index is 12.8. The standard InChI is InChI=1S/C16H18N4O/c1-11-3-2-4-12-9-19(10-13(11)12)16(21)14-7-18-15-8-17-5-6-20(14)15/h2-4,7,17H,5-6,8-10H2,1H3. The highest BCUT2D eigenvalue weighted by Crippen LogP contribution is 2.27. The third-order valence-electron chi connectivity index (χ3n) is 4.46. The van der Waals surface area contributed by atoms with Gasteiger partial charge in [0.25, 0.3) is 5.91 Å². The predicted octanol–water partition coefficient (Wildman–Crippen LogP) is 1.45. The summed E-state index contributed by atoms with van der Waals surface area (Å²) < 4.78 is 2.05. The van der Waals surface area contributed by atoms with Gasteiger partial charge in [0.2, 0.25) is 0 Å². The van der Waals surface area contributed by atoms with Crippen molar-refractivity contribution in [1.82, 2.24) is 19.8 Å². The fourth-order valence-electron chi connectivity index (χ4n) is 3.26. The van der Waals surface area contributed by atoms with E-state index < -0.39 is 0 Å². The van der Waals surface area contributed by atoms with Gasteiger partial charge in [-0.05, 0) is 23.6 Å². The van der Waals surface area contributed by atoms with Gasteiger partial charge in [-0.25, -0.2) is 4.98 Å². The van der Waals surface area contributed by atoms with Gasteiger partial charge >= 0.3 is 0 Å². The maximum atomic E-state index is 12.8. The summed E-state index contributed by atoms with van der Waals surface area (Å²) in [5.41, 5.74) is 4.55. The third-order valence-corrected chi connectivity index (χ3v) is 4.46. The van der Waals surface area contributed by atoms with Gasteiger partial charge < -0.3 is 14.8 Å². The van der Waals surface area contributed by atoms with Crippen molar-refractivity contribution in [2.45, 2.75) is 33.1 Å². The number of fused-ring (bicyclic) bond motifs is 2. The molecule has 0 unspecified atom stereocenters. The number of aryl methyl sites for hydroxylation is 1. The van der Waals surface area contributed by atoms with Crippen LogP contribution in [0.1, 0.15) is 33.0 Å². The molecule has 5 heteroatoms. The van der Waals surface area contributed by atoms with Crippen molar-refractivity contribution in [1.29, 1.82) is 0 Å². The number of nitrogens with zero attached hydrogens (tertiary/aromatic N) is 3. The SMILES string of the molecule is Cc1cccc2c1CN(C(=O)c1cnc3n1CCNC3)C2. The highest BCUT2D eigenvalue weighted by molar-refractivity contribution is 5.93. The van der Waals surface area contributed by atoms with E-state index in [9.17, 15) is 4.79 Å². The quantitative estimate of drug-likeness (QED) is 0.861. The van der Waals surface area contributed by atoms with Crippen molar-refractivity contribution in [3.63, 3.8) is 0 Å². The second kappa shape index (κ2) is 4.70. The van der Waals surface area contributed by atoms with Crippen molar-refractivity contribution in [3.8, 4) is 0 Å².